The number of hydrogen-bond acceptors (Lipinski definition) is 5. The Morgan fingerprint density at radius 3 is 2.45 bits per heavy atom. The number of nitriles is 1. The molecule has 1 aliphatic heterocycles. The number of methoxy groups -OCH3 is 1. The number of carbonyl (C=O) groups excluding carboxylic acids is 1. The highest BCUT2D eigenvalue weighted by Crippen LogP contribution is 2.47. The van der Waals surface area contributed by atoms with Gasteiger partial charge in [-0.3, -0.25) is 4.79 Å². The maximum absolute atomic E-state index is 12.8. The van der Waals surface area contributed by atoms with Gasteiger partial charge in [-0.25, -0.2) is 0 Å². The molecule has 1 amide bonds. The molecule has 6 nitrogen and oxygen atoms in total. The molecule has 2 atom stereocenters. The lowest BCUT2D eigenvalue weighted by atomic mass is 10.2. The standard InChI is InChI=1S/C23H25N3O3/c1-16-13-21(16)22-8-7-20(29-22)14-17(15-24)23(27)26-11-9-25(10-12-26)18-3-5-19(28-2)6-4-18/h3-8,14,16,21H,9-13H2,1-2H3/b17-14+/t16-,21+/m0/s1. The van der Waals surface area contributed by atoms with Gasteiger partial charge in [0, 0.05) is 43.9 Å². The van der Waals surface area contributed by atoms with Crippen LogP contribution in [-0.2, 0) is 4.79 Å². The van der Waals surface area contributed by atoms with Crippen LogP contribution in [0.25, 0.3) is 6.08 Å². The Hall–Kier alpha value is -3.20. The zero-order valence-electron chi connectivity index (χ0n) is 16.8. The van der Waals surface area contributed by atoms with Crippen molar-refractivity contribution in [3.05, 3.63) is 53.5 Å². The molecule has 1 saturated heterocycles. The molecule has 1 aliphatic carbocycles. The number of amides is 1. The quantitative estimate of drug-likeness (QED) is 0.575. The molecular weight excluding hydrogens is 366 g/mol. The normalized spacial score (nSPS) is 21.6. The monoisotopic (exact) mass is 391 g/mol. The molecule has 0 radical (unpaired) electrons. The third-order valence-electron chi connectivity index (χ3n) is 5.76. The van der Waals surface area contributed by atoms with Crippen LogP contribution in [0.1, 0.15) is 30.8 Å². The van der Waals surface area contributed by atoms with Crippen LogP contribution in [0.5, 0.6) is 5.75 Å². The number of rotatable bonds is 5. The second-order valence-electron chi connectivity index (χ2n) is 7.71. The lowest BCUT2D eigenvalue weighted by Crippen LogP contribution is -2.49. The lowest BCUT2D eigenvalue weighted by Gasteiger charge is -2.36. The van der Waals surface area contributed by atoms with E-state index >= 15 is 0 Å². The van der Waals surface area contributed by atoms with Crippen molar-refractivity contribution in [2.24, 2.45) is 5.92 Å². The van der Waals surface area contributed by atoms with Crippen LogP contribution in [0.3, 0.4) is 0 Å². The molecule has 2 aliphatic rings. The fourth-order valence-corrected chi connectivity index (χ4v) is 3.78. The Balaban J connectivity index is 1.38. The van der Waals surface area contributed by atoms with Gasteiger partial charge in [0.25, 0.3) is 5.91 Å². The predicted molar refractivity (Wildman–Crippen MR) is 111 cm³/mol. The van der Waals surface area contributed by atoms with Crippen molar-refractivity contribution in [3.8, 4) is 11.8 Å². The second kappa shape index (κ2) is 8.04. The van der Waals surface area contributed by atoms with E-state index in [1.807, 2.05) is 42.5 Å². The summed E-state index contributed by atoms with van der Waals surface area (Å²) in [5.74, 6) is 3.23. The summed E-state index contributed by atoms with van der Waals surface area (Å²) in [5.41, 5.74) is 1.22. The minimum Gasteiger partial charge on any atom is -0.497 e. The molecule has 0 spiro atoms. The highest BCUT2D eigenvalue weighted by atomic mass is 16.5. The molecule has 2 fully saturated rings. The molecular formula is C23H25N3O3. The van der Waals surface area contributed by atoms with Gasteiger partial charge in [-0.2, -0.15) is 5.26 Å². The van der Waals surface area contributed by atoms with Crippen molar-refractivity contribution in [2.75, 3.05) is 38.2 Å². The van der Waals surface area contributed by atoms with E-state index < -0.39 is 0 Å². The lowest BCUT2D eigenvalue weighted by molar-refractivity contribution is -0.126. The number of benzene rings is 1. The van der Waals surface area contributed by atoms with Gasteiger partial charge in [0.2, 0.25) is 0 Å². The van der Waals surface area contributed by atoms with Crippen LogP contribution in [0.4, 0.5) is 5.69 Å². The molecule has 2 heterocycles. The summed E-state index contributed by atoms with van der Waals surface area (Å²) >= 11 is 0. The molecule has 1 aromatic heterocycles. The molecule has 2 aromatic rings. The average Bonchev–Trinajstić information content (AvgIpc) is 3.31. The maximum Gasteiger partial charge on any atom is 0.264 e. The Bertz CT molecular complexity index is 946. The third-order valence-corrected chi connectivity index (χ3v) is 5.76. The summed E-state index contributed by atoms with van der Waals surface area (Å²) in [6.07, 6.45) is 2.70. The van der Waals surface area contributed by atoms with Gasteiger partial charge in [0.1, 0.15) is 28.9 Å². The maximum atomic E-state index is 12.8. The van der Waals surface area contributed by atoms with Crippen LogP contribution in [-0.4, -0.2) is 44.1 Å². The van der Waals surface area contributed by atoms with Crippen LogP contribution >= 0.6 is 0 Å². The third kappa shape index (κ3) is 4.14. The van der Waals surface area contributed by atoms with Crippen molar-refractivity contribution in [1.29, 1.82) is 5.26 Å². The van der Waals surface area contributed by atoms with Gasteiger partial charge in [-0.1, -0.05) is 6.92 Å². The highest BCUT2D eigenvalue weighted by molar-refractivity contribution is 6.01. The van der Waals surface area contributed by atoms with Gasteiger partial charge in [-0.15, -0.1) is 0 Å². The van der Waals surface area contributed by atoms with E-state index in [0.29, 0.717) is 30.7 Å². The minimum atomic E-state index is -0.236. The second-order valence-corrected chi connectivity index (χ2v) is 7.71. The molecule has 0 N–H and O–H groups in total. The van der Waals surface area contributed by atoms with Crippen LogP contribution in [0.2, 0.25) is 0 Å². The van der Waals surface area contributed by atoms with Gasteiger partial charge in [-0.05, 0) is 48.7 Å². The summed E-state index contributed by atoms with van der Waals surface area (Å²) in [4.78, 5) is 16.8. The van der Waals surface area contributed by atoms with Crippen LogP contribution in [0.15, 0.2) is 46.4 Å². The van der Waals surface area contributed by atoms with Crippen molar-refractivity contribution in [3.63, 3.8) is 0 Å². The highest BCUT2D eigenvalue weighted by Gasteiger charge is 2.36. The first-order chi connectivity index (χ1) is 14.1. The van der Waals surface area contributed by atoms with E-state index in [2.05, 4.69) is 11.8 Å². The fraction of sp³-hybridized carbons (Fsp3) is 0.391. The predicted octanol–water partition coefficient (Wildman–Crippen LogP) is 3.67. The number of nitrogens with zero attached hydrogens (tertiary/aromatic N) is 3. The molecule has 6 heteroatoms. The largest absolute Gasteiger partial charge is 0.497 e. The minimum absolute atomic E-state index is 0.118. The number of furan rings is 1. The van der Waals surface area contributed by atoms with Crippen molar-refractivity contribution >= 4 is 17.7 Å². The molecule has 0 bridgehead atoms. The number of anilines is 1. The number of piperazine rings is 1. The number of ether oxygens (including phenoxy) is 1. The Morgan fingerprint density at radius 1 is 1.17 bits per heavy atom. The molecule has 29 heavy (non-hydrogen) atoms. The first kappa shape index (κ1) is 19.1. The SMILES string of the molecule is COc1ccc(N2CCN(C(=O)/C(C#N)=C/c3ccc([C@@H]4C[C@@H]4C)o3)CC2)cc1. The fourth-order valence-electron chi connectivity index (χ4n) is 3.78. The van der Waals surface area contributed by atoms with Crippen molar-refractivity contribution in [2.45, 2.75) is 19.3 Å². The molecule has 4 rings (SSSR count). The van der Waals surface area contributed by atoms with Crippen molar-refractivity contribution < 1.29 is 13.9 Å². The molecule has 0 unspecified atom stereocenters. The van der Waals surface area contributed by atoms with Gasteiger partial charge in [0.15, 0.2) is 0 Å². The van der Waals surface area contributed by atoms with E-state index in [0.717, 1.165) is 36.7 Å². The number of carbonyl (C=O) groups is 1. The summed E-state index contributed by atoms with van der Waals surface area (Å²) in [6, 6.07) is 13.7. The summed E-state index contributed by atoms with van der Waals surface area (Å²) < 4.78 is 11.0. The van der Waals surface area contributed by atoms with Gasteiger partial charge < -0.3 is 19.0 Å². The van der Waals surface area contributed by atoms with Gasteiger partial charge in [0.05, 0.1) is 7.11 Å². The Labute approximate surface area is 171 Å². The molecule has 1 saturated carbocycles. The molecule has 1 aromatic carbocycles. The van der Waals surface area contributed by atoms with Gasteiger partial charge >= 0.3 is 0 Å². The molecule has 150 valence electrons. The first-order valence-electron chi connectivity index (χ1n) is 9.99. The van der Waals surface area contributed by atoms with E-state index in [4.69, 9.17) is 9.15 Å². The summed E-state index contributed by atoms with van der Waals surface area (Å²) in [5, 5.41) is 9.51. The number of hydrogen-bond donors (Lipinski definition) is 0. The van der Waals surface area contributed by atoms with E-state index in [1.165, 1.54) is 0 Å². The average molecular weight is 391 g/mol. The van der Waals surface area contributed by atoms with E-state index in [-0.39, 0.29) is 11.5 Å². The zero-order chi connectivity index (χ0) is 20.4. The first-order valence-corrected chi connectivity index (χ1v) is 9.99. The Kier molecular flexibility index (Phi) is 5.30. The summed E-state index contributed by atoms with van der Waals surface area (Å²) in [7, 11) is 1.65. The topological polar surface area (TPSA) is 69.7 Å². The summed E-state index contributed by atoms with van der Waals surface area (Å²) in [6.45, 7) is 4.79. The Morgan fingerprint density at radius 2 is 1.86 bits per heavy atom. The van der Waals surface area contributed by atoms with E-state index in [9.17, 15) is 10.1 Å². The zero-order valence-corrected chi connectivity index (χ0v) is 16.8. The van der Waals surface area contributed by atoms with Crippen LogP contribution < -0.4 is 9.64 Å². The smallest absolute Gasteiger partial charge is 0.264 e. The van der Waals surface area contributed by atoms with E-state index in [1.54, 1.807) is 18.1 Å². The van der Waals surface area contributed by atoms with Crippen LogP contribution in [0, 0.1) is 17.2 Å². The van der Waals surface area contributed by atoms with Crippen molar-refractivity contribution in [1.82, 2.24) is 4.90 Å².